The molecular formula is C26H22FN3O3. The smallest absolute Gasteiger partial charge is 0.339 e. The Morgan fingerprint density at radius 2 is 1.97 bits per heavy atom. The molecule has 0 aliphatic carbocycles. The van der Waals surface area contributed by atoms with Crippen molar-refractivity contribution in [2.75, 3.05) is 0 Å². The highest BCUT2D eigenvalue weighted by Crippen LogP contribution is 2.34. The first-order chi connectivity index (χ1) is 15.9. The molecule has 0 aliphatic heterocycles. The van der Waals surface area contributed by atoms with Crippen LogP contribution in [-0.4, -0.2) is 25.6 Å². The first kappa shape index (κ1) is 20.9. The Kier molecular flexibility index (Phi) is 4.96. The van der Waals surface area contributed by atoms with Gasteiger partial charge in [0.25, 0.3) is 0 Å². The number of furan rings is 1. The summed E-state index contributed by atoms with van der Waals surface area (Å²) < 4.78 is 22.0. The molecule has 0 spiro atoms. The summed E-state index contributed by atoms with van der Waals surface area (Å²) in [7, 11) is 0. The predicted octanol–water partition coefficient (Wildman–Crippen LogP) is 5.91. The molecule has 33 heavy (non-hydrogen) atoms. The lowest BCUT2D eigenvalue weighted by atomic mass is 10.0. The minimum absolute atomic E-state index is 0.217. The Morgan fingerprint density at radius 1 is 1.15 bits per heavy atom. The van der Waals surface area contributed by atoms with E-state index in [0.717, 1.165) is 57.1 Å². The van der Waals surface area contributed by atoms with E-state index in [2.05, 4.69) is 11.5 Å². The molecule has 0 fully saturated rings. The molecule has 3 aromatic heterocycles. The lowest BCUT2D eigenvalue weighted by Crippen LogP contribution is -2.05. The number of hydrogen-bond acceptors (Lipinski definition) is 4. The van der Waals surface area contributed by atoms with Crippen LogP contribution >= 0.6 is 0 Å². The molecule has 3 heterocycles. The van der Waals surface area contributed by atoms with E-state index >= 15 is 0 Å². The number of aromatic carboxylic acids is 1. The summed E-state index contributed by atoms with van der Waals surface area (Å²) in [6, 6.07) is 12.1. The maximum absolute atomic E-state index is 14.2. The summed E-state index contributed by atoms with van der Waals surface area (Å²) in [5.74, 6) is -0.825. The molecule has 7 heteroatoms. The average molecular weight is 443 g/mol. The second-order valence-corrected chi connectivity index (χ2v) is 8.17. The first-order valence-corrected chi connectivity index (χ1v) is 10.7. The number of carboxylic acid groups (broad SMARTS) is 1. The second kappa shape index (κ2) is 7.85. The fraction of sp³-hybridized carbons (Fsp3) is 0.192. The lowest BCUT2D eigenvalue weighted by molar-refractivity contribution is 0.0692. The molecule has 0 atom stereocenters. The van der Waals surface area contributed by atoms with Crippen molar-refractivity contribution < 1.29 is 18.7 Å². The molecule has 0 radical (unpaired) electrons. The van der Waals surface area contributed by atoms with Crippen molar-refractivity contribution in [3.05, 3.63) is 82.8 Å². The van der Waals surface area contributed by atoms with E-state index < -0.39 is 17.3 Å². The zero-order valence-corrected chi connectivity index (χ0v) is 18.5. The van der Waals surface area contributed by atoms with E-state index in [0.29, 0.717) is 12.3 Å². The predicted molar refractivity (Wildman–Crippen MR) is 124 cm³/mol. The van der Waals surface area contributed by atoms with Crippen LogP contribution in [0.15, 0.2) is 53.1 Å². The van der Waals surface area contributed by atoms with Crippen LogP contribution < -0.4 is 0 Å². The summed E-state index contributed by atoms with van der Waals surface area (Å²) in [4.78, 5) is 21.2. The Balaban J connectivity index is 1.59. The van der Waals surface area contributed by atoms with Crippen molar-refractivity contribution in [3.8, 4) is 11.3 Å². The number of fused-ring (bicyclic) bond motifs is 2. The number of nitrogens with zero attached hydrogens (tertiary/aromatic N) is 3. The zero-order valence-electron chi connectivity index (χ0n) is 18.5. The third kappa shape index (κ3) is 3.46. The third-order valence-corrected chi connectivity index (χ3v) is 5.89. The number of benzene rings is 2. The monoisotopic (exact) mass is 443 g/mol. The summed E-state index contributed by atoms with van der Waals surface area (Å²) >= 11 is 0. The van der Waals surface area contributed by atoms with Gasteiger partial charge in [0.2, 0.25) is 0 Å². The summed E-state index contributed by atoms with van der Waals surface area (Å²) in [6.07, 6.45) is 2.36. The summed E-state index contributed by atoms with van der Waals surface area (Å²) in [5.41, 5.74) is 4.68. The molecule has 1 N–H and O–H groups in total. The van der Waals surface area contributed by atoms with Crippen LogP contribution in [0.4, 0.5) is 4.39 Å². The minimum Gasteiger partial charge on any atom is -0.478 e. The molecule has 6 nitrogen and oxygen atoms in total. The van der Waals surface area contributed by atoms with E-state index in [4.69, 9.17) is 14.4 Å². The van der Waals surface area contributed by atoms with Gasteiger partial charge in [-0.25, -0.2) is 19.2 Å². The molecule has 0 bridgehead atoms. The van der Waals surface area contributed by atoms with Crippen LogP contribution in [0, 0.1) is 19.7 Å². The lowest BCUT2D eigenvalue weighted by Gasteiger charge is -2.09. The molecule has 0 unspecified atom stereocenters. The fourth-order valence-electron chi connectivity index (χ4n) is 4.41. The SMILES string of the molecule is CCc1nc2c(C)cc(C)nc2n1Cc1ccc2c(-c3cccc(F)c3C(=O)O)occ2c1. The minimum atomic E-state index is -1.33. The Labute approximate surface area is 189 Å². The number of imidazole rings is 1. The van der Waals surface area contributed by atoms with Crippen LogP contribution in [0.3, 0.4) is 0 Å². The number of carbonyl (C=O) groups is 1. The molecule has 0 saturated carbocycles. The van der Waals surface area contributed by atoms with Gasteiger partial charge in [0.05, 0.1) is 12.8 Å². The van der Waals surface area contributed by atoms with Crippen LogP contribution in [0.1, 0.15) is 39.9 Å². The molecule has 2 aromatic carbocycles. The summed E-state index contributed by atoms with van der Waals surface area (Å²) in [6.45, 7) is 6.69. The third-order valence-electron chi connectivity index (χ3n) is 5.89. The van der Waals surface area contributed by atoms with Gasteiger partial charge in [0, 0.05) is 28.5 Å². The summed E-state index contributed by atoms with van der Waals surface area (Å²) in [5, 5.41) is 11.0. The molecule has 0 aliphatic rings. The van der Waals surface area contributed by atoms with Crippen molar-refractivity contribution in [1.82, 2.24) is 14.5 Å². The topological polar surface area (TPSA) is 81.2 Å². The molecule has 0 amide bonds. The highest BCUT2D eigenvalue weighted by molar-refractivity contribution is 6.02. The van der Waals surface area contributed by atoms with E-state index in [1.165, 1.54) is 6.07 Å². The number of pyridine rings is 1. The van der Waals surface area contributed by atoms with Gasteiger partial charge >= 0.3 is 5.97 Å². The zero-order chi connectivity index (χ0) is 23.3. The van der Waals surface area contributed by atoms with Crippen molar-refractivity contribution in [2.45, 2.75) is 33.7 Å². The molecule has 0 saturated heterocycles. The number of aromatic nitrogens is 3. The van der Waals surface area contributed by atoms with Crippen LogP contribution in [0.25, 0.3) is 33.3 Å². The van der Waals surface area contributed by atoms with Gasteiger partial charge in [0.1, 0.15) is 28.5 Å². The number of hydrogen-bond donors (Lipinski definition) is 1. The van der Waals surface area contributed by atoms with Crippen LogP contribution in [0.2, 0.25) is 0 Å². The largest absolute Gasteiger partial charge is 0.478 e. The van der Waals surface area contributed by atoms with Crippen molar-refractivity contribution in [3.63, 3.8) is 0 Å². The van der Waals surface area contributed by atoms with Gasteiger partial charge in [-0.15, -0.1) is 0 Å². The fourth-order valence-corrected chi connectivity index (χ4v) is 4.41. The standard InChI is InChI=1S/C26H22FN3O3/c1-4-21-29-23-14(2)10-15(3)28-25(23)30(21)12-16-8-9-18-17(11-16)13-33-24(18)19-6-5-7-20(27)22(19)26(31)32/h5-11,13H,4,12H2,1-3H3,(H,31,32). The normalized spacial score (nSPS) is 11.5. The van der Waals surface area contributed by atoms with Crippen LogP contribution in [0.5, 0.6) is 0 Å². The van der Waals surface area contributed by atoms with Crippen molar-refractivity contribution in [1.29, 1.82) is 0 Å². The van der Waals surface area contributed by atoms with Gasteiger partial charge in [-0.1, -0.05) is 31.2 Å². The van der Waals surface area contributed by atoms with E-state index in [-0.39, 0.29) is 5.56 Å². The maximum atomic E-state index is 14.2. The number of rotatable bonds is 5. The maximum Gasteiger partial charge on any atom is 0.339 e. The quantitative estimate of drug-likeness (QED) is 0.365. The Morgan fingerprint density at radius 3 is 2.73 bits per heavy atom. The van der Waals surface area contributed by atoms with Crippen LogP contribution in [-0.2, 0) is 13.0 Å². The molecule has 166 valence electrons. The first-order valence-electron chi connectivity index (χ1n) is 10.7. The number of halogens is 1. The van der Waals surface area contributed by atoms with Gasteiger partial charge in [-0.05, 0) is 43.2 Å². The molecule has 5 aromatic rings. The number of carboxylic acids is 1. The average Bonchev–Trinajstić information content (AvgIpc) is 3.34. The van der Waals surface area contributed by atoms with Gasteiger partial charge < -0.3 is 14.1 Å². The Hall–Kier alpha value is -4.00. The molecular weight excluding hydrogens is 421 g/mol. The van der Waals surface area contributed by atoms with E-state index in [9.17, 15) is 14.3 Å². The second-order valence-electron chi connectivity index (χ2n) is 8.17. The highest BCUT2D eigenvalue weighted by Gasteiger charge is 2.21. The Bertz CT molecular complexity index is 1550. The van der Waals surface area contributed by atoms with Gasteiger partial charge in [0.15, 0.2) is 5.65 Å². The van der Waals surface area contributed by atoms with Crippen molar-refractivity contribution >= 4 is 27.9 Å². The van der Waals surface area contributed by atoms with Crippen molar-refractivity contribution in [2.24, 2.45) is 0 Å². The highest BCUT2D eigenvalue weighted by atomic mass is 19.1. The number of aryl methyl sites for hydroxylation is 3. The van der Waals surface area contributed by atoms with E-state index in [1.807, 2.05) is 38.1 Å². The van der Waals surface area contributed by atoms with Gasteiger partial charge in [-0.3, -0.25) is 0 Å². The van der Waals surface area contributed by atoms with Gasteiger partial charge in [-0.2, -0.15) is 0 Å². The molecule has 5 rings (SSSR count). The van der Waals surface area contributed by atoms with E-state index in [1.54, 1.807) is 12.3 Å².